The molecule has 0 aliphatic carbocycles. The van der Waals surface area contributed by atoms with Gasteiger partial charge in [-0.25, -0.2) is 9.18 Å². The number of furan rings is 1. The number of halogens is 1. The molecule has 4 amide bonds. The van der Waals surface area contributed by atoms with Gasteiger partial charge in [0.15, 0.2) is 0 Å². The maximum absolute atomic E-state index is 13.4. The fourth-order valence-electron chi connectivity index (χ4n) is 3.60. The van der Waals surface area contributed by atoms with Crippen LogP contribution >= 0.6 is 0 Å². The van der Waals surface area contributed by atoms with Gasteiger partial charge in [0, 0.05) is 7.05 Å². The van der Waals surface area contributed by atoms with Crippen LogP contribution in [-0.2, 0) is 21.7 Å². The van der Waals surface area contributed by atoms with Gasteiger partial charge in [-0.3, -0.25) is 14.5 Å². The Bertz CT molecular complexity index is 940. The van der Waals surface area contributed by atoms with Gasteiger partial charge < -0.3 is 14.6 Å². The Morgan fingerprint density at radius 1 is 1.20 bits per heavy atom. The van der Waals surface area contributed by atoms with Crippen LogP contribution < -0.4 is 5.32 Å². The Labute approximate surface area is 174 Å². The quantitative estimate of drug-likeness (QED) is 0.671. The summed E-state index contributed by atoms with van der Waals surface area (Å²) in [5, 5.41) is 2.76. The van der Waals surface area contributed by atoms with E-state index in [0.29, 0.717) is 24.2 Å². The van der Waals surface area contributed by atoms with Crippen molar-refractivity contribution in [1.82, 2.24) is 15.1 Å². The minimum atomic E-state index is -1.29. The number of imide groups is 1. The average Bonchev–Trinajstić information content (AvgIpc) is 3.23. The maximum Gasteiger partial charge on any atom is 0.325 e. The number of carbonyl (C=O) groups excluding carboxylic acids is 3. The van der Waals surface area contributed by atoms with Crippen molar-refractivity contribution >= 4 is 17.8 Å². The zero-order valence-corrected chi connectivity index (χ0v) is 17.4. The van der Waals surface area contributed by atoms with Crippen molar-refractivity contribution in [2.24, 2.45) is 0 Å². The van der Waals surface area contributed by atoms with Gasteiger partial charge in [0.25, 0.3) is 5.91 Å². The first-order valence-electron chi connectivity index (χ1n) is 9.96. The predicted octanol–water partition coefficient (Wildman–Crippen LogP) is 3.32. The first-order valence-corrected chi connectivity index (χ1v) is 9.96. The molecule has 1 N–H and O–H groups in total. The third-order valence-electron chi connectivity index (χ3n) is 5.33. The van der Waals surface area contributed by atoms with Gasteiger partial charge in [-0.15, -0.1) is 0 Å². The van der Waals surface area contributed by atoms with Crippen molar-refractivity contribution in [3.63, 3.8) is 0 Å². The van der Waals surface area contributed by atoms with Crippen molar-refractivity contribution in [2.45, 2.75) is 45.2 Å². The second-order valence-electron chi connectivity index (χ2n) is 7.60. The number of nitrogens with zero attached hydrogens (tertiary/aromatic N) is 2. The van der Waals surface area contributed by atoms with Crippen molar-refractivity contribution in [1.29, 1.82) is 0 Å². The van der Waals surface area contributed by atoms with E-state index in [1.165, 1.54) is 29.2 Å². The van der Waals surface area contributed by atoms with E-state index in [9.17, 15) is 18.8 Å². The Morgan fingerprint density at radius 2 is 1.90 bits per heavy atom. The standard InChI is InChI=1S/C22H26FN3O4/c1-4-5-12-22(16-7-9-17(23)10-8-16)20(28)26(21(29)24-22)14-19(27)25(3)13-18-11-6-15(2)30-18/h6-11H,4-5,12-14H2,1-3H3,(H,24,29). The Hall–Kier alpha value is -3.16. The molecular weight excluding hydrogens is 389 g/mol. The number of aryl methyl sites for hydroxylation is 1. The summed E-state index contributed by atoms with van der Waals surface area (Å²) in [5.41, 5.74) is -0.789. The number of carbonyl (C=O) groups is 3. The van der Waals surface area contributed by atoms with Crippen LogP contribution in [0.15, 0.2) is 40.8 Å². The largest absolute Gasteiger partial charge is 0.464 e. The first-order chi connectivity index (χ1) is 14.3. The Balaban J connectivity index is 1.78. The highest BCUT2D eigenvalue weighted by molar-refractivity contribution is 6.09. The number of hydrogen-bond acceptors (Lipinski definition) is 4. The smallest absolute Gasteiger partial charge is 0.325 e. The molecule has 30 heavy (non-hydrogen) atoms. The number of hydrogen-bond donors (Lipinski definition) is 1. The number of unbranched alkanes of at least 4 members (excludes halogenated alkanes) is 1. The summed E-state index contributed by atoms with van der Waals surface area (Å²) >= 11 is 0. The van der Waals surface area contributed by atoms with E-state index in [1.54, 1.807) is 19.2 Å². The lowest BCUT2D eigenvalue weighted by Crippen LogP contribution is -2.45. The minimum absolute atomic E-state index is 0.231. The molecule has 1 unspecified atom stereocenters. The number of rotatable bonds is 8. The van der Waals surface area contributed by atoms with Crippen LogP contribution in [0.5, 0.6) is 0 Å². The molecule has 1 aromatic carbocycles. The molecule has 1 aliphatic rings. The summed E-state index contributed by atoms with van der Waals surface area (Å²) in [6.45, 7) is 3.64. The van der Waals surface area contributed by atoms with Gasteiger partial charge in [0.05, 0.1) is 6.54 Å². The van der Waals surface area contributed by atoms with E-state index < -0.39 is 29.2 Å². The summed E-state index contributed by atoms with van der Waals surface area (Å²) in [4.78, 5) is 41.0. The third kappa shape index (κ3) is 4.22. The van der Waals surface area contributed by atoms with Crippen LogP contribution in [0.2, 0.25) is 0 Å². The molecule has 0 saturated carbocycles. The molecule has 1 saturated heterocycles. The van der Waals surface area contributed by atoms with Crippen molar-refractivity contribution < 1.29 is 23.2 Å². The highest BCUT2D eigenvalue weighted by Crippen LogP contribution is 2.34. The van der Waals surface area contributed by atoms with Crippen molar-refractivity contribution in [3.8, 4) is 0 Å². The topological polar surface area (TPSA) is 82.9 Å². The average molecular weight is 415 g/mol. The first kappa shape index (κ1) is 21.5. The van der Waals surface area contributed by atoms with Crippen LogP contribution in [0.1, 0.15) is 43.3 Å². The molecule has 2 heterocycles. The Kier molecular flexibility index (Phi) is 6.24. The summed E-state index contributed by atoms with van der Waals surface area (Å²) in [6.07, 6.45) is 1.87. The molecule has 1 atom stereocenters. The van der Waals surface area contributed by atoms with Gasteiger partial charge in [0.1, 0.15) is 29.4 Å². The molecule has 160 valence electrons. The van der Waals surface area contributed by atoms with E-state index in [1.807, 2.05) is 13.8 Å². The molecule has 0 radical (unpaired) electrons. The van der Waals surface area contributed by atoms with Gasteiger partial charge in [0.2, 0.25) is 5.91 Å². The van der Waals surface area contributed by atoms with Gasteiger partial charge in [-0.05, 0) is 43.2 Å². The lowest BCUT2D eigenvalue weighted by Gasteiger charge is -2.27. The zero-order chi connectivity index (χ0) is 21.9. The molecule has 8 heteroatoms. The van der Waals surface area contributed by atoms with Crippen LogP contribution in [0.25, 0.3) is 0 Å². The third-order valence-corrected chi connectivity index (χ3v) is 5.33. The molecule has 1 aromatic heterocycles. The predicted molar refractivity (Wildman–Crippen MR) is 108 cm³/mol. The number of likely N-dealkylation sites (N-methyl/N-ethyl adjacent to an activating group) is 1. The van der Waals surface area contributed by atoms with Crippen LogP contribution in [-0.4, -0.2) is 41.2 Å². The fourth-order valence-corrected chi connectivity index (χ4v) is 3.60. The van der Waals surface area contributed by atoms with Gasteiger partial charge in [-0.1, -0.05) is 31.9 Å². The highest BCUT2D eigenvalue weighted by atomic mass is 19.1. The van der Waals surface area contributed by atoms with E-state index in [-0.39, 0.29) is 13.1 Å². The number of nitrogens with one attached hydrogen (secondary N) is 1. The molecular formula is C22H26FN3O4. The summed E-state index contributed by atoms with van der Waals surface area (Å²) < 4.78 is 18.9. The monoisotopic (exact) mass is 415 g/mol. The van der Waals surface area contributed by atoms with Crippen LogP contribution in [0.4, 0.5) is 9.18 Å². The maximum atomic E-state index is 13.4. The summed E-state index contributed by atoms with van der Waals surface area (Å²) in [7, 11) is 1.59. The van der Waals surface area contributed by atoms with Crippen LogP contribution in [0, 0.1) is 12.7 Å². The van der Waals surface area contributed by atoms with Gasteiger partial charge in [-0.2, -0.15) is 0 Å². The summed E-state index contributed by atoms with van der Waals surface area (Å²) in [6, 6.07) is 8.47. The normalized spacial score (nSPS) is 18.6. The second-order valence-corrected chi connectivity index (χ2v) is 7.60. The zero-order valence-electron chi connectivity index (χ0n) is 17.4. The molecule has 2 aromatic rings. The minimum Gasteiger partial charge on any atom is -0.464 e. The summed E-state index contributed by atoms with van der Waals surface area (Å²) in [5.74, 6) is 0.0354. The molecule has 1 aliphatic heterocycles. The van der Waals surface area contributed by atoms with Crippen molar-refractivity contribution in [2.75, 3.05) is 13.6 Å². The molecule has 1 fully saturated rings. The molecule has 0 bridgehead atoms. The lowest BCUT2D eigenvalue weighted by molar-refractivity contribution is -0.139. The number of amides is 4. The Morgan fingerprint density at radius 3 is 2.50 bits per heavy atom. The van der Waals surface area contributed by atoms with Crippen LogP contribution in [0.3, 0.4) is 0 Å². The van der Waals surface area contributed by atoms with E-state index >= 15 is 0 Å². The number of urea groups is 1. The van der Waals surface area contributed by atoms with E-state index in [4.69, 9.17) is 4.42 Å². The van der Waals surface area contributed by atoms with E-state index in [0.717, 1.165) is 17.1 Å². The van der Waals surface area contributed by atoms with Crippen molar-refractivity contribution in [3.05, 3.63) is 59.3 Å². The van der Waals surface area contributed by atoms with E-state index in [2.05, 4.69) is 5.32 Å². The highest BCUT2D eigenvalue weighted by Gasteiger charge is 2.52. The molecule has 7 nitrogen and oxygen atoms in total. The fraction of sp³-hybridized carbons (Fsp3) is 0.409. The number of benzene rings is 1. The van der Waals surface area contributed by atoms with Gasteiger partial charge >= 0.3 is 6.03 Å². The molecule has 0 spiro atoms. The second kappa shape index (κ2) is 8.69. The lowest BCUT2D eigenvalue weighted by atomic mass is 9.85. The molecule has 3 rings (SSSR count). The SMILES string of the molecule is CCCCC1(c2ccc(F)cc2)NC(=O)N(CC(=O)N(C)Cc2ccc(C)o2)C1=O.